The minimum Gasteiger partial charge on any atom is -0.328 e. The predicted octanol–water partition coefficient (Wildman–Crippen LogP) is 1.77. The Balaban J connectivity index is 1.94. The average molecular weight is 208 g/mol. The van der Waals surface area contributed by atoms with Crippen LogP contribution in [-0.2, 0) is 6.42 Å². The molecule has 14 heavy (non-hydrogen) atoms. The lowest BCUT2D eigenvalue weighted by Crippen LogP contribution is -2.44. The van der Waals surface area contributed by atoms with Crippen LogP contribution in [0.5, 0.6) is 0 Å². The molecule has 0 radical (unpaired) electrons. The van der Waals surface area contributed by atoms with E-state index in [2.05, 4.69) is 16.3 Å². The van der Waals surface area contributed by atoms with Gasteiger partial charge >= 0.3 is 0 Å². The molecule has 2 aliphatic rings. The SMILES string of the molecule is NC1CCN2CCc3sccc3C2C1. The van der Waals surface area contributed by atoms with Crippen molar-refractivity contribution in [3.63, 3.8) is 0 Å². The number of rotatable bonds is 0. The molecule has 0 aliphatic carbocycles. The smallest absolute Gasteiger partial charge is 0.0374 e. The molecule has 76 valence electrons. The van der Waals surface area contributed by atoms with Gasteiger partial charge in [0.25, 0.3) is 0 Å². The van der Waals surface area contributed by atoms with Crippen LogP contribution in [0.4, 0.5) is 0 Å². The van der Waals surface area contributed by atoms with E-state index in [-0.39, 0.29) is 0 Å². The Morgan fingerprint density at radius 2 is 2.36 bits per heavy atom. The summed E-state index contributed by atoms with van der Waals surface area (Å²) in [6.45, 7) is 2.44. The Labute approximate surface area is 88.7 Å². The van der Waals surface area contributed by atoms with Gasteiger partial charge in [0.15, 0.2) is 0 Å². The summed E-state index contributed by atoms with van der Waals surface area (Å²) in [5.74, 6) is 0. The second kappa shape index (κ2) is 3.33. The van der Waals surface area contributed by atoms with E-state index in [0.717, 1.165) is 6.42 Å². The Kier molecular flexibility index (Phi) is 2.11. The van der Waals surface area contributed by atoms with E-state index in [0.29, 0.717) is 12.1 Å². The van der Waals surface area contributed by atoms with Crippen LogP contribution in [-0.4, -0.2) is 24.0 Å². The zero-order valence-corrected chi connectivity index (χ0v) is 9.09. The second-order valence-corrected chi connectivity index (χ2v) is 5.39. The van der Waals surface area contributed by atoms with Crippen LogP contribution in [0.3, 0.4) is 0 Å². The maximum absolute atomic E-state index is 6.04. The van der Waals surface area contributed by atoms with Crippen molar-refractivity contribution in [2.24, 2.45) is 5.73 Å². The number of thiophene rings is 1. The Morgan fingerprint density at radius 3 is 3.29 bits per heavy atom. The van der Waals surface area contributed by atoms with Gasteiger partial charge in [0.2, 0.25) is 0 Å². The highest BCUT2D eigenvalue weighted by Crippen LogP contribution is 2.38. The number of fused-ring (bicyclic) bond motifs is 3. The molecule has 1 aromatic rings. The molecule has 0 bridgehead atoms. The normalized spacial score (nSPS) is 32.4. The Morgan fingerprint density at radius 1 is 1.43 bits per heavy atom. The fourth-order valence-electron chi connectivity index (χ4n) is 2.73. The average Bonchev–Trinajstić information content (AvgIpc) is 2.65. The maximum Gasteiger partial charge on any atom is 0.0374 e. The summed E-state index contributed by atoms with van der Waals surface area (Å²) in [6.07, 6.45) is 3.58. The van der Waals surface area contributed by atoms with E-state index in [1.54, 1.807) is 10.4 Å². The van der Waals surface area contributed by atoms with Gasteiger partial charge in [-0.2, -0.15) is 0 Å². The van der Waals surface area contributed by atoms with Crippen LogP contribution in [0.1, 0.15) is 29.3 Å². The summed E-state index contributed by atoms with van der Waals surface area (Å²) in [5, 5.41) is 2.23. The molecular weight excluding hydrogens is 192 g/mol. The highest BCUT2D eigenvalue weighted by Gasteiger charge is 2.32. The molecule has 2 unspecified atom stereocenters. The maximum atomic E-state index is 6.04. The Hall–Kier alpha value is -0.380. The molecule has 3 heterocycles. The summed E-state index contributed by atoms with van der Waals surface area (Å²) < 4.78 is 0. The van der Waals surface area contributed by atoms with Crippen molar-refractivity contribution in [1.82, 2.24) is 4.90 Å². The van der Waals surface area contributed by atoms with Gasteiger partial charge in [0, 0.05) is 30.1 Å². The van der Waals surface area contributed by atoms with Gasteiger partial charge in [-0.15, -0.1) is 11.3 Å². The van der Waals surface area contributed by atoms with Crippen LogP contribution in [0.15, 0.2) is 11.4 Å². The molecule has 2 aliphatic heterocycles. The first-order valence-electron chi connectivity index (χ1n) is 5.40. The lowest BCUT2D eigenvalue weighted by molar-refractivity contribution is 0.128. The Bertz CT molecular complexity index is 334. The topological polar surface area (TPSA) is 29.3 Å². The van der Waals surface area contributed by atoms with Crippen molar-refractivity contribution in [2.75, 3.05) is 13.1 Å². The van der Waals surface area contributed by atoms with E-state index < -0.39 is 0 Å². The van der Waals surface area contributed by atoms with Crippen molar-refractivity contribution in [2.45, 2.75) is 31.3 Å². The van der Waals surface area contributed by atoms with Gasteiger partial charge in [-0.25, -0.2) is 0 Å². The standard InChI is InChI=1S/C11H16N2S/c12-8-1-4-13-5-2-11-9(3-6-14-11)10(13)7-8/h3,6,8,10H,1-2,4-5,7,12H2. The van der Waals surface area contributed by atoms with E-state index in [4.69, 9.17) is 5.73 Å². The minimum atomic E-state index is 0.419. The highest BCUT2D eigenvalue weighted by molar-refractivity contribution is 7.10. The molecule has 2 nitrogen and oxygen atoms in total. The van der Waals surface area contributed by atoms with E-state index in [1.807, 2.05) is 11.3 Å². The lowest BCUT2D eigenvalue weighted by Gasteiger charge is -2.41. The predicted molar refractivity (Wildman–Crippen MR) is 59.5 cm³/mol. The van der Waals surface area contributed by atoms with Crippen molar-refractivity contribution in [1.29, 1.82) is 0 Å². The minimum absolute atomic E-state index is 0.419. The quantitative estimate of drug-likeness (QED) is 0.704. The zero-order valence-electron chi connectivity index (χ0n) is 8.28. The second-order valence-electron chi connectivity index (χ2n) is 4.39. The van der Waals surface area contributed by atoms with Crippen LogP contribution >= 0.6 is 11.3 Å². The van der Waals surface area contributed by atoms with E-state index in [1.165, 1.54) is 25.9 Å². The number of hydrogen-bond acceptors (Lipinski definition) is 3. The summed E-state index contributed by atoms with van der Waals surface area (Å²) in [6, 6.07) is 3.35. The molecule has 0 spiro atoms. The van der Waals surface area contributed by atoms with Gasteiger partial charge in [0.05, 0.1) is 0 Å². The molecule has 3 rings (SSSR count). The first kappa shape index (κ1) is 8.89. The number of hydrogen-bond donors (Lipinski definition) is 1. The molecule has 1 fully saturated rings. The molecular formula is C11H16N2S. The summed E-state index contributed by atoms with van der Waals surface area (Å²) in [5.41, 5.74) is 7.61. The highest BCUT2D eigenvalue weighted by atomic mass is 32.1. The fraction of sp³-hybridized carbons (Fsp3) is 0.636. The largest absolute Gasteiger partial charge is 0.328 e. The third-order valence-electron chi connectivity index (χ3n) is 3.52. The van der Waals surface area contributed by atoms with E-state index in [9.17, 15) is 0 Å². The van der Waals surface area contributed by atoms with Gasteiger partial charge in [0.1, 0.15) is 0 Å². The molecule has 0 saturated carbocycles. The molecule has 1 saturated heterocycles. The third kappa shape index (κ3) is 1.31. The summed E-state index contributed by atoms with van der Waals surface area (Å²) in [4.78, 5) is 4.21. The summed E-state index contributed by atoms with van der Waals surface area (Å²) >= 11 is 1.91. The zero-order chi connectivity index (χ0) is 9.54. The van der Waals surface area contributed by atoms with Crippen LogP contribution < -0.4 is 5.73 Å². The molecule has 0 amide bonds. The van der Waals surface area contributed by atoms with Crippen molar-refractivity contribution >= 4 is 11.3 Å². The van der Waals surface area contributed by atoms with Crippen LogP contribution in [0.2, 0.25) is 0 Å². The molecule has 2 N–H and O–H groups in total. The first-order chi connectivity index (χ1) is 6.84. The summed E-state index contributed by atoms with van der Waals surface area (Å²) in [7, 11) is 0. The van der Waals surface area contributed by atoms with Crippen molar-refractivity contribution in [3.05, 3.63) is 21.9 Å². The van der Waals surface area contributed by atoms with Crippen LogP contribution in [0, 0.1) is 0 Å². The fourth-order valence-corrected chi connectivity index (χ4v) is 3.66. The molecule has 2 atom stereocenters. The molecule has 1 aromatic heterocycles. The van der Waals surface area contributed by atoms with Crippen LogP contribution in [0.25, 0.3) is 0 Å². The van der Waals surface area contributed by atoms with Gasteiger partial charge in [-0.05, 0) is 36.3 Å². The van der Waals surface area contributed by atoms with Crippen molar-refractivity contribution < 1.29 is 0 Å². The lowest BCUT2D eigenvalue weighted by atomic mass is 9.89. The van der Waals surface area contributed by atoms with Gasteiger partial charge in [-0.1, -0.05) is 0 Å². The molecule has 3 heteroatoms. The number of nitrogens with two attached hydrogens (primary N) is 1. The number of piperidine rings is 1. The number of nitrogens with zero attached hydrogens (tertiary/aromatic N) is 1. The van der Waals surface area contributed by atoms with E-state index >= 15 is 0 Å². The van der Waals surface area contributed by atoms with Gasteiger partial charge < -0.3 is 5.73 Å². The molecule has 0 aromatic carbocycles. The van der Waals surface area contributed by atoms with Crippen molar-refractivity contribution in [3.8, 4) is 0 Å². The first-order valence-corrected chi connectivity index (χ1v) is 6.28. The van der Waals surface area contributed by atoms with Gasteiger partial charge in [-0.3, -0.25) is 4.90 Å². The third-order valence-corrected chi connectivity index (χ3v) is 4.52. The monoisotopic (exact) mass is 208 g/mol.